The van der Waals surface area contributed by atoms with E-state index in [0.717, 1.165) is 54.9 Å². The van der Waals surface area contributed by atoms with Crippen LogP contribution in [-0.2, 0) is 5.41 Å². The van der Waals surface area contributed by atoms with E-state index in [9.17, 15) is 9.90 Å². The Labute approximate surface area is 224 Å². The number of benzene rings is 2. The molecule has 8 heteroatoms. The summed E-state index contributed by atoms with van der Waals surface area (Å²) in [6.45, 7) is 9.39. The lowest BCUT2D eigenvalue weighted by atomic mass is 9.70. The average Bonchev–Trinajstić information content (AvgIpc) is 3.22. The molecule has 2 bridgehead atoms. The maximum atomic E-state index is 13.4. The number of fused-ring (bicyclic) bond motifs is 4. The number of para-hydroxylation sites is 1. The van der Waals surface area contributed by atoms with Gasteiger partial charge in [0.05, 0.1) is 23.4 Å². The average molecular weight is 516 g/mol. The van der Waals surface area contributed by atoms with Crippen LogP contribution in [0.1, 0.15) is 55.8 Å². The van der Waals surface area contributed by atoms with Crippen molar-refractivity contribution in [3.05, 3.63) is 71.3 Å². The SMILES string of the molecule is Cc1c(OC2CN3CCC2CC3)nn(-c2ccccc2)c1NC(=O)NC1c2ccccc2C(C)(C)CC1O. The molecule has 4 heterocycles. The van der Waals surface area contributed by atoms with Crippen molar-refractivity contribution < 1.29 is 14.6 Å². The van der Waals surface area contributed by atoms with Crippen molar-refractivity contribution in [1.82, 2.24) is 20.0 Å². The molecule has 1 aliphatic carbocycles. The van der Waals surface area contributed by atoms with Crippen molar-refractivity contribution in [2.24, 2.45) is 5.92 Å². The van der Waals surface area contributed by atoms with Crippen LogP contribution in [0, 0.1) is 12.8 Å². The van der Waals surface area contributed by atoms with E-state index in [0.29, 0.717) is 24.0 Å². The van der Waals surface area contributed by atoms with Gasteiger partial charge in [0.15, 0.2) is 0 Å². The van der Waals surface area contributed by atoms with Gasteiger partial charge in [-0.1, -0.05) is 56.3 Å². The quantitative estimate of drug-likeness (QED) is 0.464. The summed E-state index contributed by atoms with van der Waals surface area (Å²) in [6, 6.07) is 16.9. The third-order valence-corrected chi connectivity index (χ3v) is 8.59. The molecule has 4 aliphatic rings. The first-order valence-corrected chi connectivity index (χ1v) is 13.7. The van der Waals surface area contributed by atoms with Gasteiger partial charge in [-0.05, 0) is 73.9 Å². The second-order valence-electron chi connectivity index (χ2n) is 11.6. The van der Waals surface area contributed by atoms with E-state index < -0.39 is 18.2 Å². The standard InChI is InChI=1S/C30H37N5O3/c1-19-27(32-29(37)31-26-22-11-7-8-12-23(22)30(2,3)17-24(26)36)35(21-9-5-4-6-10-21)33-28(19)38-25-18-34-15-13-20(25)14-16-34/h4-12,20,24-26,36H,13-18H2,1-3H3,(H2,31,32,37). The summed E-state index contributed by atoms with van der Waals surface area (Å²) < 4.78 is 8.23. The van der Waals surface area contributed by atoms with Crippen molar-refractivity contribution in [3.8, 4) is 11.6 Å². The largest absolute Gasteiger partial charge is 0.471 e. The minimum atomic E-state index is -0.693. The van der Waals surface area contributed by atoms with Crippen LogP contribution in [-0.4, -0.2) is 57.7 Å². The normalized spacial score (nSPS) is 27.4. The number of carbonyl (C=O) groups is 1. The molecule has 8 nitrogen and oxygen atoms in total. The smallest absolute Gasteiger partial charge is 0.320 e. The van der Waals surface area contributed by atoms with E-state index >= 15 is 0 Å². The zero-order valence-corrected chi connectivity index (χ0v) is 22.4. The maximum absolute atomic E-state index is 13.4. The summed E-state index contributed by atoms with van der Waals surface area (Å²) in [5, 5.41) is 21.9. The second-order valence-corrected chi connectivity index (χ2v) is 11.6. The van der Waals surface area contributed by atoms with Crippen molar-refractivity contribution in [2.75, 3.05) is 25.0 Å². The Balaban J connectivity index is 1.27. The van der Waals surface area contributed by atoms with Crippen LogP contribution in [0.15, 0.2) is 54.6 Å². The molecule has 3 aromatic rings. The predicted octanol–water partition coefficient (Wildman–Crippen LogP) is 4.56. The molecule has 3 fully saturated rings. The van der Waals surface area contributed by atoms with E-state index in [4.69, 9.17) is 9.84 Å². The summed E-state index contributed by atoms with van der Waals surface area (Å²) >= 11 is 0. The fraction of sp³-hybridized carbons (Fsp3) is 0.467. The fourth-order valence-corrected chi connectivity index (χ4v) is 6.48. The molecule has 3 unspecified atom stereocenters. The van der Waals surface area contributed by atoms with Crippen LogP contribution in [0.5, 0.6) is 5.88 Å². The Hall–Kier alpha value is -3.36. The summed E-state index contributed by atoms with van der Waals surface area (Å²) in [5.41, 5.74) is 3.54. The molecule has 0 saturated carbocycles. The first kappa shape index (κ1) is 24.9. The van der Waals surface area contributed by atoms with Crippen LogP contribution >= 0.6 is 0 Å². The Kier molecular flexibility index (Phi) is 6.40. The molecule has 2 amide bonds. The third kappa shape index (κ3) is 4.56. The number of ether oxygens (including phenoxy) is 1. The van der Waals surface area contributed by atoms with Gasteiger partial charge < -0.3 is 15.2 Å². The molecule has 3 aliphatic heterocycles. The van der Waals surface area contributed by atoms with Gasteiger partial charge in [-0.25, -0.2) is 9.48 Å². The Morgan fingerprint density at radius 1 is 1.08 bits per heavy atom. The highest BCUT2D eigenvalue weighted by molar-refractivity contribution is 5.90. The highest BCUT2D eigenvalue weighted by atomic mass is 16.5. The van der Waals surface area contributed by atoms with Crippen LogP contribution < -0.4 is 15.4 Å². The molecule has 3 N–H and O–H groups in total. The molecule has 0 spiro atoms. The molecular weight excluding hydrogens is 478 g/mol. The first-order valence-electron chi connectivity index (χ1n) is 13.7. The third-order valence-electron chi connectivity index (χ3n) is 8.59. The van der Waals surface area contributed by atoms with Gasteiger partial charge in [-0.3, -0.25) is 10.2 Å². The van der Waals surface area contributed by atoms with Gasteiger partial charge in [-0.15, -0.1) is 5.10 Å². The molecule has 7 rings (SSSR count). The Bertz CT molecular complexity index is 1310. The van der Waals surface area contributed by atoms with E-state index in [1.165, 1.54) is 0 Å². The Morgan fingerprint density at radius 3 is 2.50 bits per heavy atom. The predicted molar refractivity (Wildman–Crippen MR) is 147 cm³/mol. The van der Waals surface area contributed by atoms with Crippen LogP contribution in [0.25, 0.3) is 5.69 Å². The molecular formula is C30H37N5O3. The molecule has 38 heavy (non-hydrogen) atoms. The van der Waals surface area contributed by atoms with Crippen LogP contribution in [0.4, 0.5) is 10.6 Å². The number of amides is 2. The number of piperidine rings is 3. The summed E-state index contributed by atoms with van der Waals surface area (Å²) in [4.78, 5) is 15.9. The Morgan fingerprint density at radius 2 is 1.79 bits per heavy atom. The van der Waals surface area contributed by atoms with E-state index in [1.807, 2.05) is 55.5 Å². The topological polar surface area (TPSA) is 91.7 Å². The van der Waals surface area contributed by atoms with Crippen molar-refractivity contribution >= 4 is 11.8 Å². The summed E-state index contributed by atoms with van der Waals surface area (Å²) in [6.07, 6.45) is 2.28. The number of aliphatic hydroxyl groups excluding tert-OH is 1. The van der Waals surface area contributed by atoms with Gasteiger partial charge in [0, 0.05) is 6.54 Å². The number of anilines is 1. The maximum Gasteiger partial charge on any atom is 0.320 e. The van der Waals surface area contributed by atoms with Gasteiger partial charge in [0.2, 0.25) is 5.88 Å². The second kappa shape index (κ2) is 9.75. The number of aromatic nitrogens is 2. The highest BCUT2D eigenvalue weighted by Crippen LogP contribution is 2.42. The number of hydrogen-bond donors (Lipinski definition) is 3. The lowest BCUT2D eigenvalue weighted by molar-refractivity contribution is -0.0104. The van der Waals surface area contributed by atoms with E-state index in [1.54, 1.807) is 4.68 Å². The number of urea groups is 1. The zero-order chi connectivity index (χ0) is 26.4. The number of nitrogens with zero attached hydrogens (tertiary/aromatic N) is 3. The minimum absolute atomic E-state index is 0.106. The number of nitrogens with one attached hydrogen (secondary N) is 2. The molecule has 2 aromatic carbocycles. The van der Waals surface area contributed by atoms with E-state index in [-0.39, 0.29) is 11.5 Å². The van der Waals surface area contributed by atoms with Gasteiger partial charge in [0.1, 0.15) is 11.9 Å². The first-order chi connectivity index (χ1) is 18.3. The van der Waals surface area contributed by atoms with Crippen molar-refractivity contribution in [1.29, 1.82) is 0 Å². The van der Waals surface area contributed by atoms with Gasteiger partial charge in [0.25, 0.3) is 0 Å². The number of rotatable bonds is 5. The lowest BCUT2D eigenvalue weighted by Gasteiger charge is -2.44. The molecule has 200 valence electrons. The number of aliphatic hydroxyl groups is 1. The molecule has 3 atom stereocenters. The molecule has 3 saturated heterocycles. The summed E-state index contributed by atoms with van der Waals surface area (Å²) in [7, 11) is 0. The van der Waals surface area contributed by atoms with Crippen LogP contribution in [0.3, 0.4) is 0 Å². The van der Waals surface area contributed by atoms with Crippen LogP contribution in [0.2, 0.25) is 0 Å². The molecule has 0 radical (unpaired) electrons. The minimum Gasteiger partial charge on any atom is -0.471 e. The highest BCUT2D eigenvalue weighted by Gasteiger charge is 2.39. The lowest BCUT2D eigenvalue weighted by Crippen LogP contribution is -2.52. The van der Waals surface area contributed by atoms with E-state index in [2.05, 4.69) is 35.4 Å². The monoisotopic (exact) mass is 515 g/mol. The number of hydrogen-bond acceptors (Lipinski definition) is 5. The van der Waals surface area contributed by atoms with Gasteiger partial charge in [-0.2, -0.15) is 0 Å². The molecule has 1 aromatic heterocycles. The van der Waals surface area contributed by atoms with Gasteiger partial charge >= 0.3 is 6.03 Å². The fourth-order valence-electron chi connectivity index (χ4n) is 6.48. The van der Waals surface area contributed by atoms with Crippen molar-refractivity contribution in [3.63, 3.8) is 0 Å². The summed E-state index contributed by atoms with van der Waals surface area (Å²) in [5.74, 6) is 1.65. The zero-order valence-electron chi connectivity index (χ0n) is 22.4. The van der Waals surface area contributed by atoms with Crippen molar-refractivity contribution in [2.45, 2.75) is 63.7 Å². The number of carbonyl (C=O) groups excluding carboxylic acids is 1.